The molecule has 94 valence electrons. The molecular formula is C18H22. The van der Waals surface area contributed by atoms with Gasteiger partial charge in [-0.1, -0.05) is 44.4 Å². The molecule has 0 fully saturated rings. The summed E-state index contributed by atoms with van der Waals surface area (Å²) in [6, 6.07) is 6.54. The van der Waals surface area contributed by atoms with Crippen LogP contribution in [0.4, 0.5) is 0 Å². The molecule has 1 rings (SSSR count). The smallest absolute Gasteiger partial charge is 0.0274 e. The van der Waals surface area contributed by atoms with E-state index >= 15 is 0 Å². The Morgan fingerprint density at radius 2 is 2.06 bits per heavy atom. The summed E-state index contributed by atoms with van der Waals surface area (Å²) in [4.78, 5) is 0. The number of aryl methyl sites for hydroxylation is 2. The highest BCUT2D eigenvalue weighted by atomic mass is 14.0. The molecule has 0 heterocycles. The molecule has 0 saturated carbocycles. The standard InChI is InChI=1S/C18H22/c1-6-15(4)8-9-17-10-12-18(16(5)13-17)11-7-14(2)3/h10,12-14H,1,8-9H2,2-5H3. The highest BCUT2D eigenvalue weighted by Crippen LogP contribution is 2.13. The van der Waals surface area contributed by atoms with Gasteiger partial charge in [-0.3, -0.25) is 0 Å². The van der Waals surface area contributed by atoms with E-state index in [9.17, 15) is 0 Å². The van der Waals surface area contributed by atoms with Gasteiger partial charge in [-0.2, -0.15) is 0 Å². The predicted molar refractivity (Wildman–Crippen MR) is 79.5 cm³/mol. The van der Waals surface area contributed by atoms with Crippen LogP contribution in [0.5, 0.6) is 0 Å². The average molecular weight is 238 g/mol. The zero-order chi connectivity index (χ0) is 13.5. The van der Waals surface area contributed by atoms with Crippen molar-refractivity contribution in [1.29, 1.82) is 0 Å². The summed E-state index contributed by atoms with van der Waals surface area (Å²) >= 11 is 0. The van der Waals surface area contributed by atoms with Gasteiger partial charge >= 0.3 is 0 Å². The van der Waals surface area contributed by atoms with Crippen molar-refractivity contribution in [2.45, 2.75) is 40.5 Å². The maximum Gasteiger partial charge on any atom is 0.0274 e. The van der Waals surface area contributed by atoms with Crippen molar-refractivity contribution in [3.05, 3.63) is 52.8 Å². The van der Waals surface area contributed by atoms with Crippen LogP contribution in [0.15, 0.2) is 36.1 Å². The third-order valence-corrected chi connectivity index (χ3v) is 2.88. The van der Waals surface area contributed by atoms with Crippen LogP contribution in [-0.4, -0.2) is 0 Å². The topological polar surface area (TPSA) is 0 Å². The van der Waals surface area contributed by atoms with Crippen LogP contribution >= 0.6 is 0 Å². The molecule has 0 N–H and O–H groups in total. The summed E-state index contributed by atoms with van der Waals surface area (Å²) in [5.74, 6) is 6.87. The predicted octanol–water partition coefficient (Wildman–Crippen LogP) is 4.67. The number of benzene rings is 1. The van der Waals surface area contributed by atoms with Crippen molar-refractivity contribution in [3.63, 3.8) is 0 Å². The van der Waals surface area contributed by atoms with Gasteiger partial charge in [0.15, 0.2) is 0 Å². The van der Waals surface area contributed by atoms with E-state index < -0.39 is 0 Å². The lowest BCUT2D eigenvalue weighted by Crippen LogP contribution is -1.90. The lowest BCUT2D eigenvalue weighted by Gasteiger charge is -2.04. The Morgan fingerprint density at radius 1 is 1.33 bits per heavy atom. The molecular weight excluding hydrogens is 216 g/mol. The highest BCUT2D eigenvalue weighted by molar-refractivity contribution is 5.43. The van der Waals surface area contributed by atoms with Crippen LogP contribution in [-0.2, 0) is 6.42 Å². The summed E-state index contributed by atoms with van der Waals surface area (Å²) < 4.78 is 0. The molecule has 0 aliphatic carbocycles. The van der Waals surface area contributed by atoms with Crippen molar-refractivity contribution in [2.75, 3.05) is 0 Å². The molecule has 1 aromatic carbocycles. The summed E-state index contributed by atoms with van der Waals surface area (Å²) in [5.41, 5.74) is 7.92. The van der Waals surface area contributed by atoms with E-state index in [0.29, 0.717) is 5.92 Å². The van der Waals surface area contributed by atoms with Crippen LogP contribution in [0.2, 0.25) is 0 Å². The first-order valence-electron chi connectivity index (χ1n) is 6.49. The molecule has 0 nitrogen and oxygen atoms in total. The first kappa shape index (κ1) is 14.4. The van der Waals surface area contributed by atoms with E-state index in [2.05, 4.69) is 70.0 Å². The van der Waals surface area contributed by atoms with Gasteiger partial charge in [0.25, 0.3) is 0 Å². The SMILES string of the molecule is C=C=C(C)CCc1ccc(C#CC(C)C)c(C)c1. The normalized spacial score (nSPS) is 9.61. The van der Waals surface area contributed by atoms with Crippen LogP contribution < -0.4 is 0 Å². The van der Waals surface area contributed by atoms with E-state index in [1.807, 2.05) is 0 Å². The van der Waals surface area contributed by atoms with Gasteiger partial charge < -0.3 is 0 Å². The van der Waals surface area contributed by atoms with Crippen molar-refractivity contribution < 1.29 is 0 Å². The molecule has 0 bridgehead atoms. The zero-order valence-corrected chi connectivity index (χ0v) is 11.9. The van der Waals surface area contributed by atoms with Gasteiger partial charge in [-0.15, -0.1) is 5.73 Å². The molecule has 0 atom stereocenters. The fourth-order valence-electron chi connectivity index (χ4n) is 1.66. The number of hydrogen-bond donors (Lipinski definition) is 0. The lowest BCUT2D eigenvalue weighted by molar-refractivity contribution is 0.866. The van der Waals surface area contributed by atoms with Gasteiger partial charge in [0, 0.05) is 11.5 Å². The molecule has 0 amide bonds. The molecule has 0 aliphatic heterocycles. The van der Waals surface area contributed by atoms with Crippen LogP contribution in [0.1, 0.15) is 43.9 Å². The molecule has 0 saturated heterocycles. The van der Waals surface area contributed by atoms with Gasteiger partial charge in [-0.25, -0.2) is 0 Å². The highest BCUT2D eigenvalue weighted by Gasteiger charge is 1.99. The van der Waals surface area contributed by atoms with E-state index in [4.69, 9.17) is 0 Å². The van der Waals surface area contributed by atoms with Crippen molar-refractivity contribution >= 4 is 0 Å². The van der Waals surface area contributed by atoms with Gasteiger partial charge in [-0.05, 0) is 49.5 Å². The first-order valence-corrected chi connectivity index (χ1v) is 6.49. The van der Waals surface area contributed by atoms with Gasteiger partial charge in [0.1, 0.15) is 0 Å². The molecule has 1 aromatic rings. The second kappa shape index (κ2) is 6.90. The van der Waals surface area contributed by atoms with Gasteiger partial charge in [0.2, 0.25) is 0 Å². The number of allylic oxidation sites excluding steroid dienone is 1. The number of rotatable bonds is 3. The summed E-state index contributed by atoms with van der Waals surface area (Å²) in [6.45, 7) is 12.1. The largest absolute Gasteiger partial charge is 0.130 e. The van der Waals surface area contributed by atoms with Crippen LogP contribution in [0.25, 0.3) is 0 Å². The zero-order valence-electron chi connectivity index (χ0n) is 11.9. The quantitative estimate of drug-likeness (QED) is 0.530. The molecule has 0 aromatic heterocycles. The summed E-state index contributed by atoms with van der Waals surface area (Å²) in [5, 5.41) is 0. The molecule has 0 spiro atoms. The van der Waals surface area contributed by atoms with E-state index in [1.165, 1.54) is 16.7 Å². The molecule has 0 radical (unpaired) electrons. The lowest BCUT2D eigenvalue weighted by atomic mass is 10.0. The molecule has 0 aliphatic rings. The average Bonchev–Trinajstić information content (AvgIpc) is 2.34. The maximum absolute atomic E-state index is 3.67. The van der Waals surface area contributed by atoms with Gasteiger partial charge in [0.05, 0.1) is 0 Å². The third kappa shape index (κ3) is 4.66. The fraction of sp³-hybridized carbons (Fsp3) is 0.389. The van der Waals surface area contributed by atoms with Crippen molar-refractivity contribution in [3.8, 4) is 11.8 Å². The summed E-state index contributed by atoms with van der Waals surface area (Å²) in [7, 11) is 0. The third-order valence-electron chi connectivity index (χ3n) is 2.88. The minimum Gasteiger partial charge on any atom is -0.130 e. The fourth-order valence-corrected chi connectivity index (χ4v) is 1.66. The second-order valence-electron chi connectivity index (χ2n) is 5.03. The molecule has 0 unspecified atom stereocenters. The van der Waals surface area contributed by atoms with E-state index in [-0.39, 0.29) is 0 Å². The van der Waals surface area contributed by atoms with Crippen molar-refractivity contribution in [2.24, 2.45) is 5.92 Å². The Morgan fingerprint density at radius 3 is 2.61 bits per heavy atom. The Hall–Kier alpha value is -1.70. The molecule has 18 heavy (non-hydrogen) atoms. The van der Waals surface area contributed by atoms with Crippen LogP contribution in [0, 0.1) is 24.7 Å². The molecule has 0 heteroatoms. The summed E-state index contributed by atoms with van der Waals surface area (Å²) in [6.07, 6.45) is 2.08. The minimum absolute atomic E-state index is 0.421. The van der Waals surface area contributed by atoms with E-state index in [0.717, 1.165) is 18.4 Å². The second-order valence-corrected chi connectivity index (χ2v) is 5.03. The Kier molecular flexibility index (Phi) is 5.50. The van der Waals surface area contributed by atoms with E-state index in [1.54, 1.807) is 0 Å². The monoisotopic (exact) mass is 238 g/mol. The Bertz CT molecular complexity index is 515. The Labute approximate surface area is 111 Å². The minimum atomic E-state index is 0.421. The first-order chi connectivity index (χ1) is 8.52. The Balaban J connectivity index is 2.80. The maximum atomic E-state index is 3.67. The van der Waals surface area contributed by atoms with Crippen LogP contribution in [0.3, 0.4) is 0 Å². The van der Waals surface area contributed by atoms with Crippen molar-refractivity contribution in [1.82, 2.24) is 0 Å². The number of hydrogen-bond acceptors (Lipinski definition) is 0.